The van der Waals surface area contributed by atoms with Crippen molar-refractivity contribution in [2.24, 2.45) is 5.10 Å². The average molecular weight is 498 g/mol. The Morgan fingerprint density at radius 2 is 1.85 bits per heavy atom. The van der Waals surface area contributed by atoms with Gasteiger partial charge >= 0.3 is 10.1 Å². The Morgan fingerprint density at radius 1 is 1.09 bits per heavy atom. The fourth-order valence-electron chi connectivity index (χ4n) is 2.84. The maximum atomic E-state index is 12.5. The molecular formula is C23H19N3O6S2. The van der Waals surface area contributed by atoms with Crippen LogP contribution in [0.25, 0.3) is 11.1 Å². The molecule has 0 saturated carbocycles. The number of carbonyl (C=O) groups excluding carboxylic acids is 1. The topological polar surface area (TPSA) is 120 Å². The molecule has 174 valence electrons. The minimum atomic E-state index is -4.01. The first kappa shape index (κ1) is 23.3. The van der Waals surface area contributed by atoms with Gasteiger partial charge in [0, 0.05) is 0 Å². The Labute approximate surface area is 199 Å². The van der Waals surface area contributed by atoms with Gasteiger partial charge in [-0.3, -0.25) is 4.79 Å². The molecule has 0 aliphatic rings. The van der Waals surface area contributed by atoms with E-state index in [1.165, 1.54) is 31.5 Å². The fourth-order valence-corrected chi connectivity index (χ4v) is 4.43. The highest BCUT2D eigenvalue weighted by molar-refractivity contribution is 7.99. The van der Waals surface area contributed by atoms with Crippen LogP contribution in [0.1, 0.15) is 5.56 Å². The molecule has 0 aliphatic heterocycles. The molecule has 0 aliphatic carbocycles. The van der Waals surface area contributed by atoms with Gasteiger partial charge in [0.05, 0.1) is 19.1 Å². The molecule has 0 fully saturated rings. The minimum Gasteiger partial charge on any atom is -0.493 e. The van der Waals surface area contributed by atoms with E-state index in [-0.39, 0.29) is 28.1 Å². The van der Waals surface area contributed by atoms with E-state index >= 15 is 0 Å². The molecule has 0 radical (unpaired) electrons. The van der Waals surface area contributed by atoms with Crippen molar-refractivity contribution < 1.29 is 26.5 Å². The van der Waals surface area contributed by atoms with Crippen molar-refractivity contribution in [3.8, 4) is 11.5 Å². The molecule has 1 amide bonds. The van der Waals surface area contributed by atoms with Crippen molar-refractivity contribution in [1.29, 1.82) is 0 Å². The van der Waals surface area contributed by atoms with Gasteiger partial charge in [0.25, 0.3) is 11.1 Å². The predicted octanol–water partition coefficient (Wildman–Crippen LogP) is 3.85. The van der Waals surface area contributed by atoms with Gasteiger partial charge in [-0.05, 0) is 48.0 Å². The molecule has 9 nitrogen and oxygen atoms in total. The largest absolute Gasteiger partial charge is 0.493 e. The van der Waals surface area contributed by atoms with Crippen LogP contribution in [0.3, 0.4) is 0 Å². The van der Waals surface area contributed by atoms with E-state index in [0.717, 1.165) is 17.3 Å². The van der Waals surface area contributed by atoms with Crippen molar-refractivity contribution in [1.82, 2.24) is 10.4 Å². The van der Waals surface area contributed by atoms with E-state index in [1.54, 1.807) is 36.4 Å². The van der Waals surface area contributed by atoms with Crippen LogP contribution in [0.2, 0.25) is 0 Å². The Hall–Kier alpha value is -3.83. The molecular weight excluding hydrogens is 478 g/mol. The number of hydrogen-bond donors (Lipinski definition) is 1. The molecule has 11 heteroatoms. The summed E-state index contributed by atoms with van der Waals surface area (Å²) in [4.78, 5) is 16.4. The summed E-state index contributed by atoms with van der Waals surface area (Å²) in [6, 6.07) is 19.7. The van der Waals surface area contributed by atoms with Crippen LogP contribution in [0.15, 0.2) is 92.4 Å². The zero-order valence-electron chi connectivity index (χ0n) is 17.9. The molecule has 0 unspecified atom stereocenters. The van der Waals surface area contributed by atoms with E-state index in [9.17, 15) is 13.2 Å². The number of rotatable bonds is 9. The van der Waals surface area contributed by atoms with Crippen LogP contribution < -0.4 is 14.3 Å². The standard InChI is InChI=1S/C23H19N3O6S2/c1-30-21-13-16(11-12-20(21)32-34(28,29)17-7-3-2-4-8-17)14-24-26-22(27)15-33-23-25-18-9-5-6-10-19(18)31-23/h2-14H,15H2,1H3,(H,26,27)/b24-14-. The van der Waals surface area contributed by atoms with Crippen LogP contribution in [0.4, 0.5) is 0 Å². The van der Waals surface area contributed by atoms with Crippen LogP contribution in [-0.2, 0) is 14.9 Å². The van der Waals surface area contributed by atoms with Gasteiger partial charge in [-0.15, -0.1) is 0 Å². The highest BCUT2D eigenvalue weighted by atomic mass is 32.2. The number of methoxy groups -OCH3 is 1. The summed E-state index contributed by atoms with van der Waals surface area (Å²) in [5.41, 5.74) is 4.36. The highest BCUT2D eigenvalue weighted by Gasteiger charge is 2.19. The highest BCUT2D eigenvalue weighted by Crippen LogP contribution is 2.30. The number of ether oxygens (including phenoxy) is 1. The number of amides is 1. The number of nitrogens with zero attached hydrogens (tertiary/aromatic N) is 2. The van der Waals surface area contributed by atoms with Crippen molar-refractivity contribution >= 4 is 45.1 Å². The third-order valence-corrected chi connectivity index (χ3v) is 6.50. The zero-order valence-corrected chi connectivity index (χ0v) is 19.5. The quantitative estimate of drug-likeness (QED) is 0.160. The van der Waals surface area contributed by atoms with Crippen LogP contribution >= 0.6 is 11.8 Å². The van der Waals surface area contributed by atoms with Gasteiger partial charge in [-0.1, -0.05) is 42.1 Å². The first-order valence-electron chi connectivity index (χ1n) is 9.92. The molecule has 0 saturated heterocycles. The second-order valence-electron chi connectivity index (χ2n) is 6.79. The molecule has 0 spiro atoms. The lowest BCUT2D eigenvalue weighted by Gasteiger charge is -2.11. The van der Waals surface area contributed by atoms with Crippen molar-refractivity contribution in [2.45, 2.75) is 10.1 Å². The molecule has 1 heterocycles. The minimum absolute atomic E-state index is 0.0288. The van der Waals surface area contributed by atoms with Crippen LogP contribution in [-0.4, -0.2) is 38.4 Å². The first-order valence-corrected chi connectivity index (χ1v) is 12.3. The monoisotopic (exact) mass is 497 g/mol. The number of hydrazone groups is 1. The molecule has 4 rings (SSSR count). The zero-order chi connectivity index (χ0) is 24.0. The number of nitrogens with one attached hydrogen (secondary N) is 1. The lowest BCUT2D eigenvalue weighted by Crippen LogP contribution is -2.19. The SMILES string of the molecule is COc1cc(/C=N\NC(=O)CSc2nc3ccccc3o2)ccc1OS(=O)(=O)c1ccccc1. The summed E-state index contributed by atoms with van der Waals surface area (Å²) in [6.07, 6.45) is 1.40. The molecule has 34 heavy (non-hydrogen) atoms. The second kappa shape index (κ2) is 10.4. The summed E-state index contributed by atoms with van der Waals surface area (Å²) in [5, 5.41) is 4.31. The summed E-state index contributed by atoms with van der Waals surface area (Å²) in [6.45, 7) is 0. The molecule has 1 aromatic heterocycles. The van der Waals surface area contributed by atoms with Gasteiger partial charge in [0.1, 0.15) is 10.4 Å². The van der Waals surface area contributed by atoms with Gasteiger partial charge in [-0.2, -0.15) is 13.5 Å². The van der Waals surface area contributed by atoms with E-state index in [1.807, 2.05) is 18.2 Å². The van der Waals surface area contributed by atoms with Crippen LogP contribution in [0.5, 0.6) is 11.5 Å². The van der Waals surface area contributed by atoms with E-state index < -0.39 is 10.1 Å². The lowest BCUT2D eigenvalue weighted by atomic mass is 10.2. The molecule has 4 aromatic rings. The third kappa shape index (κ3) is 5.74. The summed E-state index contributed by atoms with van der Waals surface area (Å²) >= 11 is 1.15. The number of aromatic nitrogens is 1. The van der Waals surface area contributed by atoms with Gasteiger partial charge < -0.3 is 13.3 Å². The van der Waals surface area contributed by atoms with Crippen molar-refractivity contribution in [2.75, 3.05) is 12.9 Å². The molecule has 0 bridgehead atoms. The maximum absolute atomic E-state index is 12.5. The number of thioether (sulfide) groups is 1. The Balaban J connectivity index is 1.35. The second-order valence-corrected chi connectivity index (χ2v) is 9.26. The van der Waals surface area contributed by atoms with Gasteiger partial charge in [0.15, 0.2) is 17.1 Å². The predicted molar refractivity (Wildman–Crippen MR) is 128 cm³/mol. The normalized spacial score (nSPS) is 11.6. The summed E-state index contributed by atoms with van der Waals surface area (Å²) in [5.74, 6) is -0.0506. The summed E-state index contributed by atoms with van der Waals surface area (Å²) < 4.78 is 40.9. The number of carbonyl (C=O) groups is 1. The first-order chi connectivity index (χ1) is 16.4. The number of fused-ring (bicyclic) bond motifs is 1. The number of benzene rings is 3. The fraction of sp³-hybridized carbons (Fsp3) is 0.0870. The lowest BCUT2D eigenvalue weighted by molar-refractivity contribution is -0.118. The van der Waals surface area contributed by atoms with E-state index in [4.69, 9.17) is 13.3 Å². The Bertz CT molecular complexity index is 1400. The number of para-hydroxylation sites is 2. The number of oxazole rings is 1. The Morgan fingerprint density at radius 3 is 2.62 bits per heavy atom. The van der Waals surface area contributed by atoms with Gasteiger partial charge in [0.2, 0.25) is 0 Å². The van der Waals surface area contributed by atoms with Gasteiger partial charge in [-0.25, -0.2) is 10.4 Å². The Kier molecular flexibility index (Phi) is 7.14. The molecule has 0 atom stereocenters. The van der Waals surface area contributed by atoms with E-state index in [2.05, 4.69) is 15.5 Å². The van der Waals surface area contributed by atoms with Crippen molar-refractivity contribution in [3.05, 3.63) is 78.4 Å². The third-order valence-electron chi connectivity index (χ3n) is 4.42. The molecule has 3 aromatic carbocycles. The van der Waals surface area contributed by atoms with Crippen molar-refractivity contribution in [3.63, 3.8) is 0 Å². The average Bonchev–Trinajstić information content (AvgIpc) is 3.27. The molecule has 1 N–H and O–H groups in total. The summed E-state index contributed by atoms with van der Waals surface area (Å²) in [7, 11) is -2.62. The smallest absolute Gasteiger partial charge is 0.339 e. The number of hydrogen-bond acceptors (Lipinski definition) is 9. The maximum Gasteiger partial charge on any atom is 0.339 e. The van der Waals surface area contributed by atoms with Crippen LogP contribution in [0, 0.1) is 0 Å². The van der Waals surface area contributed by atoms with E-state index in [0.29, 0.717) is 16.4 Å².